The normalized spacial score (nSPS) is 16.5. The van der Waals surface area contributed by atoms with Crippen molar-refractivity contribution in [1.29, 1.82) is 0 Å². The summed E-state index contributed by atoms with van der Waals surface area (Å²) in [5.41, 5.74) is 1.74. The maximum Gasteiger partial charge on any atom is 0.125 e. The molecule has 5 heteroatoms. The maximum absolute atomic E-state index is 13.2. The van der Waals surface area contributed by atoms with E-state index in [9.17, 15) is 4.39 Å². The Morgan fingerprint density at radius 1 is 1.38 bits per heavy atom. The van der Waals surface area contributed by atoms with Crippen LogP contribution in [0.15, 0.2) is 18.2 Å². The Labute approximate surface area is 93.7 Å². The minimum Gasteiger partial charge on any atom is -0.378 e. The molecule has 1 fully saturated rings. The lowest BCUT2D eigenvalue weighted by Crippen LogP contribution is -2.36. The fourth-order valence-electron chi connectivity index (χ4n) is 1.85. The van der Waals surface area contributed by atoms with E-state index in [0.29, 0.717) is 13.2 Å². The van der Waals surface area contributed by atoms with Gasteiger partial charge in [0.05, 0.1) is 19.8 Å². The molecular formula is C11H15FN2O2. The highest BCUT2D eigenvalue weighted by atomic mass is 19.1. The fourth-order valence-corrected chi connectivity index (χ4v) is 1.85. The van der Waals surface area contributed by atoms with Crippen LogP contribution in [-0.4, -0.2) is 26.3 Å². The molecule has 2 N–H and O–H groups in total. The van der Waals surface area contributed by atoms with Gasteiger partial charge in [-0.05, 0) is 12.1 Å². The van der Waals surface area contributed by atoms with Gasteiger partial charge in [-0.25, -0.2) is 10.3 Å². The number of benzene rings is 1. The maximum atomic E-state index is 13.2. The van der Waals surface area contributed by atoms with Crippen LogP contribution in [0, 0.1) is 5.82 Å². The molecule has 1 aliphatic heterocycles. The summed E-state index contributed by atoms with van der Waals surface area (Å²) in [6, 6.07) is 4.63. The summed E-state index contributed by atoms with van der Waals surface area (Å²) in [5.74, 6) is 4.81. The van der Waals surface area contributed by atoms with E-state index in [-0.39, 0.29) is 12.4 Å². The summed E-state index contributed by atoms with van der Waals surface area (Å²) in [4.78, 5) is 6.70. The van der Waals surface area contributed by atoms with Gasteiger partial charge in [-0.1, -0.05) is 6.07 Å². The summed E-state index contributed by atoms with van der Waals surface area (Å²) in [6.45, 7) is 3.15. The largest absolute Gasteiger partial charge is 0.378 e. The molecule has 1 saturated heterocycles. The highest BCUT2D eigenvalue weighted by molar-refractivity contribution is 5.54. The van der Waals surface area contributed by atoms with Crippen molar-refractivity contribution < 1.29 is 14.0 Å². The predicted octanol–water partition coefficient (Wildman–Crippen LogP) is 1.05. The van der Waals surface area contributed by atoms with Gasteiger partial charge in [0.15, 0.2) is 0 Å². The van der Waals surface area contributed by atoms with E-state index in [1.165, 1.54) is 12.1 Å². The van der Waals surface area contributed by atoms with E-state index in [1.807, 2.05) is 0 Å². The molecular weight excluding hydrogens is 211 g/mol. The van der Waals surface area contributed by atoms with Gasteiger partial charge >= 0.3 is 0 Å². The van der Waals surface area contributed by atoms with Gasteiger partial charge in [-0.15, -0.1) is 0 Å². The summed E-state index contributed by atoms with van der Waals surface area (Å²) in [5, 5.41) is 0. The number of rotatable bonds is 3. The SMILES string of the molecule is NOCc1ccc(F)cc1N1CCOCC1. The summed E-state index contributed by atoms with van der Waals surface area (Å²) in [7, 11) is 0. The minimum atomic E-state index is -0.248. The Morgan fingerprint density at radius 3 is 2.81 bits per heavy atom. The van der Waals surface area contributed by atoms with Crippen LogP contribution in [-0.2, 0) is 16.2 Å². The number of halogens is 1. The van der Waals surface area contributed by atoms with E-state index >= 15 is 0 Å². The third-order valence-electron chi connectivity index (χ3n) is 2.64. The first-order valence-corrected chi connectivity index (χ1v) is 5.24. The molecule has 0 aromatic heterocycles. The van der Waals surface area contributed by atoms with Crippen LogP contribution >= 0.6 is 0 Å². The van der Waals surface area contributed by atoms with Crippen LogP contribution in [0.2, 0.25) is 0 Å². The van der Waals surface area contributed by atoms with Gasteiger partial charge < -0.3 is 9.64 Å². The predicted molar refractivity (Wildman–Crippen MR) is 58.4 cm³/mol. The molecule has 0 saturated carbocycles. The molecule has 4 nitrogen and oxygen atoms in total. The van der Waals surface area contributed by atoms with Crippen molar-refractivity contribution in [2.75, 3.05) is 31.2 Å². The molecule has 1 heterocycles. The van der Waals surface area contributed by atoms with Gasteiger partial charge in [0.25, 0.3) is 0 Å². The van der Waals surface area contributed by atoms with Crippen LogP contribution in [0.1, 0.15) is 5.56 Å². The lowest BCUT2D eigenvalue weighted by atomic mass is 10.1. The topological polar surface area (TPSA) is 47.7 Å². The lowest BCUT2D eigenvalue weighted by molar-refractivity contribution is 0.118. The van der Waals surface area contributed by atoms with Crippen molar-refractivity contribution in [1.82, 2.24) is 0 Å². The number of hydrogen-bond acceptors (Lipinski definition) is 4. The third kappa shape index (κ3) is 2.49. The smallest absolute Gasteiger partial charge is 0.125 e. The van der Waals surface area contributed by atoms with Gasteiger partial charge in [-0.3, -0.25) is 4.84 Å². The van der Waals surface area contributed by atoms with E-state index in [2.05, 4.69) is 9.74 Å². The summed E-state index contributed by atoms with van der Waals surface area (Å²) < 4.78 is 18.5. The van der Waals surface area contributed by atoms with Crippen molar-refractivity contribution in [3.05, 3.63) is 29.6 Å². The first-order chi connectivity index (χ1) is 7.81. The Kier molecular flexibility index (Phi) is 3.71. The second-order valence-corrected chi connectivity index (χ2v) is 3.68. The molecule has 0 radical (unpaired) electrons. The molecule has 1 aromatic rings. The number of nitrogens with zero attached hydrogens (tertiary/aromatic N) is 1. The fraction of sp³-hybridized carbons (Fsp3) is 0.455. The van der Waals surface area contributed by atoms with E-state index in [4.69, 9.17) is 10.6 Å². The second kappa shape index (κ2) is 5.25. The van der Waals surface area contributed by atoms with Crippen LogP contribution in [0.25, 0.3) is 0 Å². The minimum absolute atomic E-state index is 0.248. The van der Waals surface area contributed by atoms with Crippen LogP contribution < -0.4 is 10.8 Å². The van der Waals surface area contributed by atoms with Crippen LogP contribution in [0.5, 0.6) is 0 Å². The molecule has 0 atom stereocenters. The standard InChI is InChI=1S/C11H15FN2O2/c12-10-2-1-9(8-16-13)11(7-10)14-3-5-15-6-4-14/h1-2,7H,3-6,8,13H2. The highest BCUT2D eigenvalue weighted by Crippen LogP contribution is 2.23. The van der Waals surface area contributed by atoms with Crippen molar-refractivity contribution in [2.45, 2.75) is 6.61 Å². The molecule has 1 aliphatic rings. The third-order valence-corrected chi connectivity index (χ3v) is 2.64. The molecule has 0 spiro atoms. The van der Waals surface area contributed by atoms with Crippen LogP contribution in [0.4, 0.5) is 10.1 Å². The average Bonchev–Trinajstić information content (AvgIpc) is 2.33. The van der Waals surface area contributed by atoms with Crippen LogP contribution in [0.3, 0.4) is 0 Å². The number of anilines is 1. The molecule has 0 aliphatic carbocycles. The number of morpholine rings is 1. The zero-order chi connectivity index (χ0) is 11.4. The van der Waals surface area contributed by atoms with Gasteiger partial charge in [0, 0.05) is 24.3 Å². The quantitative estimate of drug-likeness (QED) is 0.783. The van der Waals surface area contributed by atoms with E-state index in [1.54, 1.807) is 6.07 Å². The highest BCUT2D eigenvalue weighted by Gasteiger charge is 2.15. The number of nitrogens with two attached hydrogens (primary N) is 1. The summed E-state index contributed by atoms with van der Waals surface area (Å²) >= 11 is 0. The zero-order valence-corrected chi connectivity index (χ0v) is 8.99. The van der Waals surface area contributed by atoms with Gasteiger partial charge in [-0.2, -0.15) is 0 Å². The molecule has 88 valence electrons. The van der Waals surface area contributed by atoms with Gasteiger partial charge in [0.1, 0.15) is 5.82 Å². The molecule has 16 heavy (non-hydrogen) atoms. The van der Waals surface area contributed by atoms with E-state index < -0.39 is 0 Å². The average molecular weight is 226 g/mol. The molecule has 1 aromatic carbocycles. The first-order valence-electron chi connectivity index (χ1n) is 5.24. The summed E-state index contributed by atoms with van der Waals surface area (Å²) in [6.07, 6.45) is 0. The van der Waals surface area contributed by atoms with Gasteiger partial charge in [0.2, 0.25) is 0 Å². The first kappa shape index (κ1) is 11.3. The molecule has 0 amide bonds. The molecule has 0 bridgehead atoms. The molecule has 0 unspecified atom stereocenters. The Bertz CT molecular complexity index is 354. The van der Waals surface area contributed by atoms with Crippen molar-refractivity contribution in [3.8, 4) is 0 Å². The number of hydrogen-bond donors (Lipinski definition) is 1. The zero-order valence-electron chi connectivity index (χ0n) is 8.99. The monoisotopic (exact) mass is 226 g/mol. The van der Waals surface area contributed by atoms with E-state index in [0.717, 1.165) is 24.3 Å². The van der Waals surface area contributed by atoms with Crippen molar-refractivity contribution >= 4 is 5.69 Å². The van der Waals surface area contributed by atoms with Crippen molar-refractivity contribution in [2.24, 2.45) is 5.90 Å². The Morgan fingerprint density at radius 2 is 2.12 bits per heavy atom. The Balaban J connectivity index is 2.24. The molecule has 2 rings (SSSR count). The Hall–Kier alpha value is -1.17. The lowest BCUT2D eigenvalue weighted by Gasteiger charge is -2.30. The second-order valence-electron chi connectivity index (χ2n) is 3.68. The number of ether oxygens (including phenoxy) is 1. The van der Waals surface area contributed by atoms with Crippen molar-refractivity contribution in [3.63, 3.8) is 0 Å².